The zero-order valence-corrected chi connectivity index (χ0v) is 15.3. The lowest BCUT2D eigenvalue weighted by Gasteiger charge is -2.22. The van der Waals surface area contributed by atoms with Crippen LogP contribution in [-0.2, 0) is 6.54 Å². The minimum atomic E-state index is -0.231. The zero-order valence-electron chi connectivity index (χ0n) is 15.3. The quantitative estimate of drug-likeness (QED) is 0.679. The van der Waals surface area contributed by atoms with Gasteiger partial charge in [0.2, 0.25) is 5.95 Å². The number of aryl methyl sites for hydroxylation is 2. The second-order valence-corrected chi connectivity index (χ2v) is 6.26. The van der Waals surface area contributed by atoms with Crippen LogP contribution in [0.5, 0.6) is 0 Å². The van der Waals surface area contributed by atoms with Gasteiger partial charge in [0.15, 0.2) is 0 Å². The smallest absolute Gasteiger partial charge is 0.232 e. The molecular formula is C21H23FN4. The maximum atomic E-state index is 13.0. The molecule has 0 aliphatic rings. The highest BCUT2D eigenvalue weighted by atomic mass is 19.1. The Hall–Kier alpha value is -2.95. The van der Waals surface area contributed by atoms with Crippen molar-refractivity contribution in [2.45, 2.75) is 27.3 Å². The molecule has 0 saturated carbocycles. The predicted octanol–water partition coefficient (Wildman–Crippen LogP) is 5.00. The average Bonchev–Trinajstić information content (AvgIpc) is 2.62. The summed E-state index contributed by atoms with van der Waals surface area (Å²) < 4.78 is 13.0. The molecule has 3 aromatic rings. The van der Waals surface area contributed by atoms with Gasteiger partial charge in [-0.3, -0.25) is 0 Å². The fourth-order valence-corrected chi connectivity index (χ4v) is 2.79. The van der Waals surface area contributed by atoms with Crippen molar-refractivity contribution in [1.82, 2.24) is 9.97 Å². The van der Waals surface area contributed by atoms with Gasteiger partial charge in [0, 0.05) is 30.5 Å². The third kappa shape index (κ3) is 4.36. The predicted molar refractivity (Wildman–Crippen MR) is 104 cm³/mol. The number of nitrogens with one attached hydrogen (secondary N) is 1. The molecule has 0 radical (unpaired) electrons. The molecule has 2 aromatic carbocycles. The van der Waals surface area contributed by atoms with Gasteiger partial charge in [-0.05, 0) is 56.2 Å². The lowest BCUT2D eigenvalue weighted by Crippen LogP contribution is -2.20. The minimum Gasteiger partial charge on any atom is -0.366 e. The average molecular weight is 350 g/mol. The number of rotatable bonds is 6. The Labute approximate surface area is 153 Å². The molecular weight excluding hydrogens is 327 g/mol. The van der Waals surface area contributed by atoms with Crippen LogP contribution in [-0.4, -0.2) is 16.5 Å². The van der Waals surface area contributed by atoms with E-state index in [1.807, 2.05) is 19.1 Å². The molecule has 3 rings (SSSR count). The normalized spacial score (nSPS) is 10.6. The number of benzene rings is 2. The summed E-state index contributed by atoms with van der Waals surface area (Å²) in [7, 11) is 0. The van der Waals surface area contributed by atoms with Crippen LogP contribution in [0.3, 0.4) is 0 Å². The fourth-order valence-electron chi connectivity index (χ4n) is 2.79. The molecule has 0 aliphatic heterocycles. The van der Waals surface area contributed by atoms with E-state index in [1.54, 1.807) is 12.1 Å². The molecule has 1 heterocycles. The van der Waals surface area contributed by atoms with Crippen molar-refractivity contribution in [3.63, 3.8) is 0 Å². The van der Waals surface area contributed by atoms with Gasteiger partial charge < -0.3 is 10.2 Å². The van der Waals surface area contributed by atoms with Crippen molar-refractivity contribution >= 4 is 17.5 Å². The first-order valence-electron chi connectivity index (χ1n) is 8.73. The summed E-state index contributed by atoms with van der Waals surface area (Å²) in [6.07, 6.45) is 0. The zero-order chi connectivity index (χ0) is 18.5. The SMILES string of the molecule is CCN(c1cccc(C)c1)c1nc(C)cc(NCc2ccc(F)cc2)n1. The first-order valence-corrected chi connectivity index (χ1v) is 8.73. The van der Waals surface area contributed by atoms with Crippen LogP contribution in [0.4, 0.5) is 21.8 Å². The summed E-state index contributed by atoms with van der Waals surface area (Å²) in [5.41, 5.74) is 4.16. The van der Waals surface area contributed by atoms with Crippen LogP contribution in [0.25, 0.3) is 0 Å². The molecule has 0 aliphatic carbocycles. The van der Waals surface area contributed by atoms with Crippen LogP contribution < -0.4 is 10.2 Å². The summed E-state index contributed by atoms with van der Waals surface area (Å²) in [6, 6.07) is 16.7. The van der Waals surface area contributed by atoms with Gasteiger partial charge in [-0.1, -0.05) is 24.3 Å². The highest BCUT2D eigenvalue weighted by Gasteiger charge is 2.12. The molecule has 0 atom stereocenters. The lowest BCUT2D eigenvalue weighted by atomic mass is 10.2. The molecule has 1 N–H and O–H groups in total. The van der Waals surface area contributed by atoms with E-state index in [0.717, 1.165) is 29.3 Å². The second kappa shape index (κ2) is 7.95. The maximum absolute atomic E-state index is 13.0. The molecule has 26 heavy (non-hydrogen) atoms. The van der Waals surface area contributed by atoms with E-state index in [0.29, 0.717) is 12.5 Å². The molecule has 0 amide bonds. The highest BCUT2D eigenvalue weighted by molar-refractivity contribution is 5.59. The largest absolute Gasteiger partial charge is 0.366 e. The molecule has 5 heteroatoms. The summed E-state index contributed by atoms with van der Waals surface area (Å²) >= 11 is 0. The highest BCUT2D eigenvalue weighted by Crippen LogP contribution is 2.24. The van der Waals surface area contributed by atoms with Gasteiger partial charge in [-0.25, -0.2) is 9.37 Å². The molecule has 0 saturated heterocycles. The molecule has 4 nitrogen and oxygen atoms in total. The van der Waals surface area contributed by atoms with Crippen LogP contribution in [0.2, 0.25) is 0 Å². The van der Waals surface area contributed by atoms with E-state index >= 15 is 0 Å². The Balaban J connectivity index is 1.83. The first-order chi connectivity index (χ1) is 12.5. The summed E-state index contributed by atoms with van der Waals surface area (Å²) in [5.74, 6) is 1.19. The third-order valence-corrected chi connectivity index (χ3v) is 4.10. The van der Waals surface area contributed by atoms with Gasteiger partial charge in [-0.15, -0.1) is 0 Å². The van der Waals surface area contributed by atoms with Crippen molar-refractivity contribution in [3.05, 3.63) is 77.2 Å². The van der Waals surface area contributed by atoms with E-state index in [9.17, 15) is 4.39 Å². The van der Waals surface area contributed by atoms with Crippen LogP contribution in [0, 0.1) is 19.7 Å². The fraction of sp³-hybridized carbons (Fsp3) is 0.238. The van der Waals surface area contributed by atoms with Crippen LogP contribution in [0.1, 0.15) is 23.7 Å². The summed E-state index contributed by atoms with van der Waals surface area (Å²) in [4.78, 5) is 11.4. The van der Waals surface area contributed by atoms with Crippen LogP contribution >= 0.6 is 0 Å². The Bertz CT molecular complexity index is 877. The van der Waals surface area contributed by atoms with Gasteiger partial charge >= 0.3 is 0 Å². The number of halogens is 1. The number of anilines is 3. The maximum Gasteiger partial charge on any atom is 0.232 e. The second-order valence-electron chi connectivity index (χ2n) is 6.26. The Morgan fingerprint density at radius 3 is 2.46 bits per heavy atom. The van der Waals surface area contributed by atoms with E-state index in [1.165, 1.54) is 17.7 Å². The standard InChI is InChI=1S/C21H23FN4/c1-4-26(19-7-5-6-15(2)12-19)21-24-16(3)13-20(25-21)23-14-17-8-10-18(22)11-9-17/h5-13H,4,14H2,1-3H3,(H,23,24,25). The van der Waals surface area contributed by atoms with Crippen molar-refractivity contribution < 1.29 is 4.39 Å². The Kier molecular flexibility index (Phi) is 5.46. The minimum absolute atomic E-state index is 0.231. The van der Waals surface area contributed by atoms with Crippen molar-refractivity contribution in [2.75, 3.05) is 16.8 Å². The summed E-state index contributed by atoms with van der Waals surface area (Å²) in [5, 5.41) is 3.30. The number of hydrogen-bond acceptors (Lipinski definition) is 4. The molecule has 0 unspecified atom stereocenters. The summed E-state index contributed by atoms with van der Waals surface area (Å²) in [6.45, 7) is 7.46. The molecule has 0 spiro atoms. The molecule has 134 valence electrons. The van der Waals surface area contributed by atoms with Gasteiger partial charge in [0.1, 0.15) is 11.6 Å². The van der Waals surface area contributed by atoms with Crippen LogP contribution in [0.15, 0.2) is 54.6 Å². The van der Waals surface area contributed by atoms with E-state index < -0.39 is 0 Å². The van der Waals surface area contributed by atoms with Gasteiger partial charge in [-0.2, -0.15) is 4.98 Å². The molecule has 0 bridgehead atoms. The number of hydrogen-bond donors (Lipinski definition) is 1. The molecule has 1 aromatic heterocycles. The third-order valence-electron chi connectivity index (χ3n) is 4.10. The topological polar surface area (TPSA) is 41.1 Å². The van der Waals surface area contributed by atoms with Crippen molar-refractivity contribution in [3.8, 4) is 0 Å². The lowest BCUT2D eigenvalue weighted by molar-refractivity contribution is 0.627. The van der Waals surface area contributed by atoms with Crippen molar-refractivity contribution in [1.29, 1.82) is 0 Å². The van der Waals surface area contributed by atoms with E-state index in [4.69, 9.17) is 0 Å². The number of nitrogens with zero attached hydrogens (tertiary/aromatic N) is 3. The molecule has 0 fully saturated rings. The van der Waals surface area contributed by atoms with Gasteiger partial charge in [0.05, 0.1) is 0 Å². The first kappa shape index (κ1) is 17.9. The van der Waals surface area contributed by atoms with E-state index in [2.05, 4.69) is 52.2 Å². The number of aromatic nitrogens is 2. The Morgan fingerprint density at radius 2 is 1.77 bits per heavy atom. The van der Waals surface area contributed by atoms with E-state index in [-0.39, 0.29) is 5.82 Å². The monoisotopic (exact) mass is 350 g/mol. The Morgan fingerprint density at radius 1 is 1.00 bits per heavy atom. The van der Waals surface area contributed by atoms with Crippen molar-refractivity contribution in [2.24, 2.45) is 0 Å². The van der Waals surface area contributed by atoms with Gasteiger partial charge in [0.25, 0.3) is 0 Å².